The molecule has 0 spiro atoms. The van der Waals surface area contributed by atoms with E-state index in [1.165, 1.54) is 43.3 Å². The molecule has 0 bridgehead atoms. The lowest BCUT2D eigenvalue weighted by Crippen LogP contribution is -2.31. The predicted octanol–water partition coefficient (Wildman–Crippen LogP) is 4.02. The van der Waals surface area contributed by atoms with Crippen LogP contribution in [0.15, 0.2) is 40.8 Å². The summed E-state index contributed by atoms with van der Waals surface area (Å²) in [5.74, 6) is 0.763. The fraction of sp³-hybridized carbons (Fsp3) is 0.217. The quantitative estimate of drug-likeness (QED) is 0.302. The van der Waals surface area contributed by atoms with Crippen molar-refractivity contribution in [2.24, 2.45) is 0 Å². The molecule has 0 atom stereocenters. The molecule has 3 aromatic rings. The van der Waals surface area contributed by atoms with Crippen molar-refractivity contribution in [1.82, 2.24) is 0 Å². The molecule has 166 valence electrons. The third kappa shape index (κ3) is 4.36. The number of hydrogen-bond acceptors (Lipinski definition) is 6. The molecule has 0 amide bonds. The van der Waals surface area contributed by atoms with Gasteiger partial charge < -0.3 is 9.15 Å². The van der Waals surface area contributed by atoms with Crippen molar-refractivity contribution in [2.75, 3.05) is 23.7 Å². The molecule has 0 aliphatic carbocycles. The van der Waals surface area contributed by atoms with Crippen LogP contribution in [0.5, 0.6) is 0 Å². The largest absolute Gasteiger partial charge is 0.462 e. The Hall–Kier alpha value is -3.64. The average Bonchev–Trinajstić information content (AvgIpc) is 3.09. The highest BCUT2D eigenvalue weighted by atomic mass is 32.2. The second-order valence-electron chi connectivity index (χ2n) is 6.93. The Morgan fingerprint density at radius 1 is 1.22 bits per heavy atom. The molecule has 32 heavy (non-hydrogen) atoms. The van der Waals surface area contributed by atoms with E-state index >= 15 is 0 Å². The van der Waals surface area contributed by atoms with Gasteiger partial charge in [-0.15, -0.1) is 6.42 Å². The van der Waals surface area contributed by atoms with Gasteiger partial charge in [-0.2, -0.15) is 0 Å². The molecule has 1 aromatic heterocycles. The zero-order valence-corrected chi connectivity index (χ0v) is 18.5. The van der Waals surface area contributed by atoms with Crippen molar-refractivity contribution in [3.05, 3.63) is 53.3 Å². The number of ether oxygens (including phenoxy) is 1. The highest BCUT2D eigenvalue weighted by Crippen LogP contribution is 2.38. The average molecular weight is 457 g/mol. The maximum atomic E-state index is 13.4. The summed E-state index contributed by atoms with van der Waals surface area (Å²) >= 11 is 0. The first-order chi connectivity index (χ1) is 15.1. The molecular weight excluding hydrogens is 437 g/mol. The van der Waals surface area contributed by atoms with Crippen molar-refractivity contribution < 1.29 is 31.6 Å². The molecule has 0 aliphatic heterocycles. The number of anilines is 1. The van der Waals surface area contributed by atoms with Crippen molar-refractivity contribution in [3.8, 4) is 23.7 Å². The van der Waals surface area contributed by atoms with Gasteiger partial charge in [0.25, 0.3) is 0 Å². The van der Waals surface area contributed by atoms with Gasteiger partial charge in [0.05, 0.1) is 25.1 Å². The smallest absolute Gasteiger partial charge is 0.342 e. The predicted molar refractivity (Wildman–Crippen MR) is 119 cm³/mol. The Morgan fingerprint density at radius 2 is 1.88 bits per heavy atom. The zero-order chi connectivity index (χ0) is 23.6. The Morgan fingerprint density at radius 3 is 2.41 bits per heavy atom. The Balaban J connectivity index is 2.39. The van der Waals surface area contributed by atoms with Crippen LogP contribution in [0.3, 0.4) is 0 Å². The van der Waals surface area contributed by atoms with Crippen LogP contribution in [-0.4, -0.2) is 39.6 Å². The lowest BCUT2D eigenvalue weighted by Gasteiger charge is -2.22. The molecule has 2 aromatic carbocycles. The van der Waals surface area contributed by atoms with Crippen LogP contribution in [0.25, 0.3) is 22.3 Å². The van der Waals surface area contributed by atoms with Gasteiger partial charge in [0.1, 0.15) is 22.7 Å². The van der Waals surface area contributed by atoms with E-state index in [1.807, 2.05) is 0 Å². The molecule has 0 saturated heterocycles. The summed E-state index contributed by atoms with van der Waals surface area (Å²) in [5, 5.41) is 0.255. The SMILES string of the molecule is C#CCN(c1cc2oc(-c3ccc(F)cc3)c(C(=O)OCC)c2cc1C(C)=O)S(C)(=O)=O. The summed E-state index contributed by atoms with van der Waals surface area (Å²) in [6.45, 7) is 2.70. The van der Waals surface area contributed by atoms with Gasteiger partial charge in [-0.1, -0.05) is 5.92 Å². The number of nitrogens with zero attached hydrogens (tertiary/aromatic N) is 1. The van der Waals surface area contributed by atoms with E-state index in [1.54, 1.807) is 6.92 Å². The van der Waals surface area contributed by atoms with Gasteiger partial charge >= 0.3 is 5.97 Å². The Labute approximate surface area is 184 Å². The number of esters is 1. The highest BCUT2D eigenvalue weighted by Gasteiger charge is 2.28. The van der Waals surface area contributed by atoms with Crippen LogP contribution in [0.2, 0.25) is 0 Å². The van der Waals surface area contributed by atoms with Crippen LogP contribution in [0.1, 0.15) is 34.6 Å². The first-order valence-corrected chi connectivity index (χ1v) is 11.4. The summed E-state index contributed by atoms with van der Waals surface area (Å²) in [4.78, 5) is 25.2. The summed E-state index contributed by atoms with van der Waals surface area (Å²) in [7, 11) is -3.83. The zero-order valence-electron chi connectivity index (χ0n) is 17.6. The normalized spacial score (nSPS) is 11.2. The third-order valence-corrected chi connectivity index (χ3v) is 5.80. The van der Waals surface area contributed by atoms with E-state index in [9.17, 15) is 22.4 Å². The van der Waals surface area contributed by atoms with Gasteiger partial charge in [0.2, 0.25) is 10.0 Å². The van der Waals surface area contributed by atoms with Crippen molar-refractivity contribution in [2.45, 2.75) is 13.8 Å². The Kier molecular flexibility index (Phi) is 6.37. The fourth-order valence-electron chi connectivity index (χ4n) is 3.29. The summed E-state index contributed by atoms with van der Waals surface area (Å²) in [6.07, 6.45) is 6.30. The number of furan rings is 1. The van der Waals surface area contributed by atoms with Crippen molar-refractivity contribution >= 4 is 38.4 Å². The molecule has 3 rings (SSSR count). The van der Waals surface area contributed by atoms with Gasteiger partial charge in [-0.25, -0.2) is 17.6 Å². The minimum atomic E-state index is -3.83. The molecule has 0 N–H and O–H groups in total. The second-order valence-corrected chi connectivity index (χ2v) is 8.84. The lowest BCUT2D eigenvalue weighted by molar-refractivity contribution is 0.0528. The maximum absolute atomic E-state index is 13.4. The molecule has 7 nitrogen and oxygen atoms in total. The third-order valence-electron chi connectivity index (χ3n) is 4.68. The molecule has 0 unspecified atom stereocenters. The number of carbonyl (C=O) groups excluding carboxylic acids is 2. The fourth-order valence-corrected chi connectivity index (χ4v) is 4.11. The maximum Gasteiger partial charge on any atom is 0.342 e. The topological polar surface area (TPSA) is 93.9 Å². The minimum Gasteiger partial charge on any atom is -0.462 e. The van der Waals surface area contributed by atoms with Crippen LogP contribution in [0.4, 0.5) is 10.1 Å². The Bertz CT molecular complexity index is 1350. The molecule has 9 heteroatoms. The number of sulfonamides is 1. The number of hydrogen-bond donors (Lipinski definition) is 0. The van der Waals surface area contributed by atoms with Crippen LogP contribution < -0.4 is 4.31 Å². The van der Waals surface area contributed by atoms with Crippen LogP contribution in [-0.2, 0) is 14.8 Å². The standard InChI is InChI=1S/C23H20FNO6S/c1-5-11-25(32(4,28)29)19-13-20-18(12-17(19)14(3)26)21(23(27)30-6-2)22(31-20)15-7-9-16(24)10-8-15/h1,7-10,12-13H,6,11H2,2-4H3. The van der Waals surface area contributed by atoms with Crippen LogP contribution >= 0.6 is 0 Å². The molecule has 0 radical (unpaired) electrons. The number of terminal acetylenes is 1. The van der Waals surface area contributed by atoms with E-state index in [-0.39, 0.29) is 46.7 Å². The second kappa shape index (κ2) is 8.85. The monoisotopic (exact) mass is 457 g/mol. The van der Waals surface area contributed by atoms with Crippen LogP contribution in [0, 0.1) is 18.2 Å². The summed E-state index contributed by atoms with van der Waals surface area (Å²) < 4.78 is 50.0. The molecule has 0 fully saturated rings. The summed E-state index contributed by atoms with van der Waals surface area (Å²) in [6, 6.07) is 8.02. The van der Waals surface area contributed by atoms with E-state index in [0.717, 1.165) is 10.6 Å². The number of benzene rings is 2. The molecular formula is C23H20FNO6S. The van der Waals surface area contributed by atoms with E-state index in [4.69, 9.17) is 15.6 Å². The first-order valence-electron chi connectivity index (χ1n) is 9.54. The van der Waals surface area contributed by atoms with Gasteiger partial charge in [0.15, 0.2) is 5.78 Å². The number of Topliss-reactive ketones (excluding diaryl/α,β-unsaturated/α-hetero) is 1. The van der Waals surface area contributed by atoms with Gasteiger partial charge in [-0.3, -0.25) is 9.10 Å². The number of fused-ring (bicyclic) bond motifs is 1. The minimum absolute atomic E-state index is 0.0280. The van der Waals surface area contributed by atoms with Gasteiger partial charge in [0, 0.05) is 22.6 Å². The van der Waals surface area contributed by atoms with E-state index in [2.05, 4.69) is 5.92 Å². The summed E-state index contributed by atoms with van der Waals surface area (Å²) in [5.41, 5.74) is 0.652. The van der Waals surface area contributed by atoms with E-state index in [0.29, 0.717) is 5.56 Å². The van der Waals surface area contributed by atoms with Crippen molar-refractivity contribution in [3.63, 3.8) is 0 Å². The number of rotatable bonds is 7. The van der Waals surface area contributed by atoms with Gasteiger partial charge in [-0.05, 0) is 44.2 Å². The molecule has 0 saturated carbocycles. The molecule has 0 aliphatic rings. The number of ketones is 1. The van der Waals surface area contributed by atoms with Crippen molar-refractivity contribution in [1.29, 1.82) is 0 Å². The van der Waals surface area contributed by atoms with E-state index < -0.39 is 27.6 Å². The highest BCUT2D eigenvalue weighted by molar-refractivity contribution is 7.92. The lowest BCUT2D eigenvalue weighted by atomic mass is 10.0. The number of carbonyl (C=O) groups is 2. The first kappa shape index (κ1) is 23.0. The number of halogens is 1. The molecule has 1 heterocycles.